The highest BCUT2D eigenvalue weighted by atomic mass is 35.5. The van der Waals surface area contributed by atoms with Crippen LogP contribution in [-0.4, -0.2) is 21.6 Å². The molecule has 0 saturated carbocycles. The summed E-state index contributed by atoms with van der Waals surface area (Å²) in [4.78, 5) is 12.6. The number of hydrogen-bond donors (Lipinski definition) is 0. The van der Waals surface area contributed by atoms with Crippen molar-refractivity contribution >= 4 is 11.6 Å². The standard InChI is InChI=1S/C15H18ClN3O/c1-3-5-13-14(18-10-19-15(13)16)11-7-12(9-17-8-11)20-6-4-2/h7-10H,3-6H2,1-2H3. The summed E-state index contributed by atoms with van der Waals surface area (Å²) in [5.74, 6) is 0.751. The van der Waals surface area contributed by atoms with Gasteiger partial charge in [0.1, 0.15) is 17.2 Å². The first-order valence-electron chi connectivity index (χ1n) is 6.83. The van der Waals surface area contributed by atoms with E-state index in [1.165, 1.54) is 6.33 Å². The van der Waals surface area contributed by atoms with Crippen molar-refractivity contribution in [2.45, 2.75) is 33.1 Å². The molecule has 2 aromatic rings. The Morgan fingerprint density at radius 2 is 2.00 bits per heavy atom. The fraction of sp³-hybridized carbons (Fsp3) is 0.400. The molecule has 0 atom stereocenters. The van der Waals surface area contributed by atoms with Crippen LogP contribution in [0.5, 0.6) is 5.75 Å². The van der Waals surface area contributed by atoms with Crippen molar-refractivity contribution in [1.82, 2.24) is 15.0 Å². The number of nitrogens with zero attached hydrogens (tertiary/aromatic N) is 3. The maximum Gasteiger partial charge on any atom is 0.138 e. The second kappa shape index (κ2) is 7.20. The Morgan fingerprint density at radius 3 is 2.75 bits per heavy atom. The van der Waals surface area contributed by atoms with Crippen molar-refractivity contribution in [3.8, 4) is 17.0 Å². The van der Waals surface area contributed by atoms with Crippen molar-refractivity contribution in [3.05, 3.63) is 35.5 Å². The molecule has 0 aliphatic heterocycles. The van der Waals surface area contributed by atoms with Gasteiger partial charge in [-0.25, -0.2) is 9.97 Å². The van der Waals surface area contributed by atoms with Gasteiger partial charge in [0.15, 0.2) is 0 Å². The normalized spacial score (nSPS) is 10.6. The number of halogens is 1. The molecule has 0 radical (unpaired) electrons. The summed E-state index contributed by atoms with van der Waals surface area (Å²) in [5.41, 5.74) is 2.71. The molecule has 0 N–H and O–H groups in total. The summed E-state index contributed by atoms with van der Waals surface area (Å²) in [6, 6.07) is 1.94. The predicted molar refractivity (Wildman–Crippen MR) is 80.1 cm³/mol. The predicted octanol–water partition coefficient (Wildman–Crippen LogP) is 3.93. The van der Waals surface area contributed by atoms with Crippen LogP contribution in [0, 0.1) is 0 Å². The van der Waals surface area contributed by atoms with Crippen LogP contribution >= 0.6 is 11.6 Å². The van der Waals surface area contributed by atoms with Crippen LogP contribution in [0.25, 0.3) is 11.3 Å². The van der Waals surface area contributed by atoms with Gasteiger partial charge in [-0.1, -0.05) is 31.9 Å². The van der Waals surface area contributed by atoms with Crippen LogP contribution in [0.3, 0.4) is 0 Å². The van der Waals surface area contributed by atoms with Crippen molar-refractivity contribution in [3.63, 3.8) is 0 Å². The Hall–Kier alpha value is -1.68. The lowest BCUT2D eigenvalue weighted by Gasteiger charge is -2.10. The van der Waals surface area contributed by atoms with Gasteiger partial charge in [0.25, 0.3) is 0 Å². The average molecular weight is 292 g/mol. The Kier molecular flexibility index (Phi) is 5.30. The third-order valence-electron chi connectivity index (χ3n) is 2.85. The first kappa shape index (κ1) is 14.7. The number of ether oxygens (including phenoxy) is 1. The lowest BCUT2D eigenvalue weighted by molar-refractivity contribution is 0.316. The van der Waals surface area contributed by atoms with E-state index in [9.17, 15) is 0 Å². The minimum atomic E-state index is 0.511. The molecule has 0 aliphatic carbocycles. The molecule has 0 amide bonds. The zero-order valence-corrected chi connectivity index (χ0v) is 12.5. The van der Waals surface area contributed by atoms with Gasteiger partial charge in [-0.3, -0.25) is 4.98 Å². The zero-order valence-electron chi connectivity index (χ0n) is 11.8. The van der Waals surface area contributed by atoms with Gasteiger partial charge in [0.05, 0.1) is 18.5 Å². The zero-order chi connectivity index (χ0) is 14.4. The summed E-state index contributed by atoms with van der Waals surface area (Å²) >= 11 is 6.18. The molecule has 2 aromatic heterocycles. The molecule has 0 spiro atoms. The highest BCUT2D eigenvalue weighted by Gasteiger charge is 2.12. The maximum atomic E-state index is 6.18. The number of rotatable bonds is 6. The van der Waals surface area contributed by atoms with E-state index in [0.717, 1.165) is 41.8 Å². The molecule has 0 aromatic carbocycles. The summed E-state index contributed by atoms with van der Waals surface area (Å²) in [5, 5.41) is 0.511. The molecule has 4 nitrogen and oxygen atoms in total. The summed E-state index contributed by atoms with van der Waals surface area (Å²) in [6.07, 6.45) is 7.76. The second-order valence-electron chi connectivity index (χ2n) is 4.50. The van der Waals surface area contributed by atoms with E-state index >= 15 is 0 Å². The van der Waals surface area contributed by atoms with E-state index in [-0.39, 0.29) is 0 Å². The highest BCUT2D eigenvalue weighted by molar-refractivity contribution is 6.30. The topological polar surface area (TPSA) is 47.9 Å². The fourth-order valence-electron chi connectivity index (χ4n) is 1.96. The molecule has 2 rings (SSSR count). The quantitative estimate of drug-likeness (QED) is 0.757. The molecule has 0 saturated heterocycles. The molecule has 106 valence electrons. The Bertz CT molecular complexity index is 575. The summed E-state index contributed by atoms with van der Waals surface area (Å²) < 4.78 is 5.61. The van der Waals surface area contributed by atoms with Crippen molar-refractivity contribution < 1.29 is 4.74 Å². The Morgan fingerprint density at radius 1 is 1.15 bits per heavy atom. The van der Waals surface area contributed by atoms with Crippen LogP contribution in [-0.2, 0) is 6.42 Å². The van der Waals surface area contributed by atoms with Gasteiger partial charge in [-0.05, 0) is 18.9 Å². The Labute approximate surface area is 124 Å². The second-order valence-corrected chi connectivity index (χ2v) is 4.86. The van der Waals surface area contributed by atoms with Gasteiger partial charge in [-0.2, -0.15) is 0 Å². The third kappa shape index (κ3) is 3.45. The van der Waals surface area contributed by atoms with Gasteiger partial charge in [0.2, 0.25) is 0 Å². The largest absolute Gasteiger partial charge is 0.492 e. The van der Waals surface area contributed by atoms with Crippen molar-refractivity contribution in [1.29, 1.82) is 0 Å². The summed E-state index contributed by atoms with van der Waals surface area (Å²) in [7, 11) is 0. The van der Waals surface area contributed by atoms with Gasteiger partial charge < -0.3 is 4.74 Å². The van der Waals surface area contributed by atoms with E-state index in [1.54, 1.807) is 12.4 Å². The number of pyridine rings is 1. The Balaban J connectivity index is 2.38. The lowest BCUT2D eigenvalue weighted by atomic mass is 10.1. The minimum absolute atomic E-state index is 0.511. The number of hydrogen-bond acceptors (Lipinski definition) is 4. The van der Waals surface area contributed by atoms with Gasteiger partial charge in [0, 0.05) is 17.3 Å². The van der Waals surface area contributed by atoms with Crippen molar-refractivity contribution in [2.24, 2.45) is 0 Å². The maximum absolute atomic E-state index is 6.18. The number of aromatic nitrogens is 3. The minimum Gasteiger partial charge on any atom is -0.492 e. The third-order valence-corrected chi connectivity index (χ3v) is 3.18. The smallest absolute Gasteiger partial charge is 0.138 e. The van der Waals surface area contributed by atoms with E-state index in [4.69, 9.17) is 16.3 Å². The van der Waals surface area contributed by atoms with Gasteiger partial charge >= 0.3 is 0 Å². The van der Waals surface area contributed by atoms with Crippen LogP contribution < -0.4 is 4.74 Å². The van der Waals surface area contributed by atoms with Crippen LogP contribution in [0.15, 0.2) is 24.8 Å². The highest BCUT2D eigenvalue weighted by Crippen LogP contribution is 2.28. The molecule has 5 heteroatoms. The average Bonchev–Trinajstić information content (AvgIpc) is 2.48. The molecular weight excluding hydrogens is 274 g/mol. The molecule has 20 heavy (non-hydrogen) atoms. The van der Waals surface area contributed by atoms with E-state index < -0.39 is 0 Å². The van der Waals surface area contributed by atoms with Gasteiger partial charge in [-0.15, -0.1) is 0 Å². The summed E-state index contributed by atoms with van der Waals surface area (Å²) in [6.45, 7) is 4.85. The van der Waals surface area contributed by atoms with E-state index in [2.05, 4.69) is 28.8 Å². The fourth-order valence-corrected chi connectivity index (χ4v) is 2.19. The van der Waals surface area contributed by atoms with Crippen molar-refractivity contribution in [2.75, 3.05) is 6.61 Å². The SMILES string of the molecule is CCCOc1cncc(-c2ncnc(Cl)c2CCC)c1. The van der Waals surface area contributed by atoms with E-state index in [0.29, 0.717) is 11.8 Å². The molecule has 2 heterocycles. The molecule has 0 fully saturated rings. The molecule has 0 aliphatic rings. The monoisotopic (exact) mass is 291 g/mol. The van der Waals surface area contributed by atoms with Crippen LogP contribution in [0.4, 0.5) is 0 Å². The van der Waals surface area contributed by atoms with Crippen LogP contribution in [0.2, 0.25) is 5.15 Å². The van der Waals surface area contributed by atoms with E-state index in [1.807, 2.05) is 6.07 Å². The first-order valence-corrected chi connectivity index (χ1v) is 7.21. The lowest BCUT2D eigenvalue weighted by Crippen LogP contribution is -1.99. The van der Waals surface area contributed by atoms with Crippen LogP contribution in [0.1, 0.15) is 32.3 Å². The molecule has 0 unspecified atom stereocenters. The molecule has 0 bridgehead atoms. The molecular formula is C15H18ClN3O. The first-order chi connectivity index (χ1) is 9.76.